The predicted molar refractivity (Wildman–Crippen MR) is 142 cm³/mol. The SMILES string of the molecule is CN(C)c1ccc([C@H]2N[C@H](c3ccc(N(C)C)cc3)Oc3ccc4cc(Br)ccc4c32)cc1. The first-order valence-corrected chi connectivity index (χ1v) is 11.9. The Hall–Kier alpha value is -3.02. The predicted octanol–water partition coefficient (Wildman–Crippen LogP) is 6.50. The lowest BCUT2D eigenvalue weighted by Gasteiger charge is -2.35. The molecule has 4 aromatic rings. The van der Waals surface area contributed by atoms with Gasteiger partial charge >= 0.3 is 0 Å². The number of nitrogens with one attached hydrogen (secondary N) is 1. The highest BCUT2D eigenvalue weighted by molar-refractivity contribution is 9.10. The summed E-state index contributed by atoms with van der Waals surface area (Å²) < 4.78 is 7.60. The second-order valence-electron chi connectivity index (χ2n) is 8.91. The van der Waals surface area contributed by atoms with E-state index in [0.717, 1.165) is 15.8 Å². The van der Waals surface area contributed by atoms with E-state index in [0.29, 0.717) is 0 Å². The summed E-state index contributed by atoms with van der Waals surface area (Å²) in [5.74, 6) is 0.923. The molecule has 0 amide bonds. The van der Waals surface area contributed by atoms with E-state index in [-0.39, 0.29) is 12.3 Å². The fourth-order valence-electron chi connectivity index (χ4n) is 4.44. The van der Waals surface area contributed by atoms with Crippen molar-refractivity contribution in [2.45, 2.75) is 12.3 Å². The molecule has 33 heavy (non-hydrogen) atoms. The first-order chi connectivity index (χ1) is 15.9. The van der Waals surface area contributed by atoms with Gasteiger partial charge in [-0.05, 0) is 58.8 Å². The fraction of sp³-hybridized carbons (Fsp3) is 0.214. The number of hydrogen-bond donors (Lipinski definition) is 1. The van der Waals surface area contributed by atoms with Gasteiger partial charge in [0, 0.05) is 55.2 Å². The van der Waals surface area contributed by atoms with Crippen LogP contribution in [0.4, 0.5) is 11.4 Å². The van der Waals surface area contributed by atoms with Gasteiger partial charge < -0.3 is 14.5 Å². The normalized spacial score (nSPS) is 17.4. The number of nitrogens with zero attached hydrogens (tertiary/aromatic N) is 2. The van der Waals surface area contributed by atoms with Crippen LogP contribution in [0.2, 0.25) is 0 Å². The molecule has 2 atom stereocenters. The van der Waals surface area contributed by atoms with E-state index in [4.69, 9.17) is 4.74 Å². The van der Waals surface area contributed by atoms with E-state index >= 15 is 0 Å². The van der Waals surface area contributed by atoms with Crippen molar-refractivity contribution in [3.63, 3.8) is 0 Å². The monoisotopic (exact) mass is 501 g/mol. The molecule has 0 fully saturated rings. The molecular weight excluding hydrogens is 474 g/mol. The third-order valence-corrected chi connectivity index (χ3v) is 6.78. The minimum atomic E-state index is -0.236. The number of halogens is 1. The second kappa shape index (κ2) is 8.73. The Kier molecular flexibility index (Phi) is 5.77. The summed E-state index contributed by atoms with van der Waals surface area (Å²) >= 11 is 3.61. The lowest BCUT2D eigenvalue weighted by molar-refractivity contribution is 0.134. The van der Waals surface area contributed by atoms with Crippen molar-refractivity contribution in [1.82, 2.24) is 5.32 Å². The zero-order valence-electron chi connectivity index (χ0n) is 19.3. The maximum Gasteiger partial charge on any atom is 0.177 e. The average Bonchev–Trinajstić information content (AvgIpc) is 2.83. The average molecular weight is 502 g/mol. The van der Waals surface area contributed by atoms with E-state index in [9.17, 15) is 0 Å². The molecule has 0 spiro atoms. The Morgan fingerprint density at radius 1 is 0.727 bits per heavy atom. The third-order valence-electron chi connectivity index (χ3n) is 6.29. The minimum absolute atomic E-state index is 0.00774. The van der Waals surface area contributed by atoms with Gasteiger partial charge in [0.1, 0.15) is 5.75 Å². The van der Waals surface area contributed by atoms with Crippen molar-refractivity contribution in [2.24, 2.45) is 0 Å². The lowest BCUT2D eigenvalue weighted by Crippen LogP contribution is -2.35. The number of fused-ring (bicyclic) bond motifs is 3. The van der Waals surface area contributed by atoms with Crippen LogP contribution in [-0.2, 0) is 0 Å². The van der Waals surface area contributed by atoms with Crippen molar-refractivity contribution >= 4 is 38.1 Å². The highest BCUT2D eigenvalue weighted by Crippen LogP contribution is 2.43. The maximum absolute atomic E-state index is 6.53. The van der Waals surface area contributed by atoms with E-state index in [2.05, 4.69) is 138 Å². The van der Waals surface area contributed by atoms with Gasteiger partial charge in [0.15, 0.2) is 6.23 Å². The van der Waals surface area contributed by atoms with Crippen LogP contribution in [-0.4, -0.2) is 28.2 Å². The lowest BCUT2D eigenvalue weighted by atomic mass is 9.91. The van der Waals surface area contributed by atoms with Crippen molar-refractivity contribution in [3.05, 3.63) is 100 Å². The zero-order valence-corrected chi connectivity index (χ0v) is 20.9. The van der Waals surface area contributed by atoms with E-state index < -0.39 is 0 Å². The van der Waals surface area contributed by atoms with Crippen molar-refractivity contribution in [3.8, 4) is 5.75 Å². The summed E-state index contributed by atoms with van der Waals surface area (Å²) in [5, 5.41) is 6.18. The topological polar surface area (TPSA) is 27.7 Å². The Bertz CT molecular complexity index is 1280. The molecule has 168 valence electrons. The molecule has 0 radical (unpaired) electrons. The number of benzene rings is 4. The molecule has 0 aromatic heterocycles. The van der Waals surface area contributed by atoms with Crippen LogP contribution in [0.5, 0.6) is 5.75 Å². The van der Waals surface area contributed by atoms with Gasteiger partial charge in [0.2, 0.25) is 0 Å². The van der Waals surface area contributed by atoms with Crippen LogP contribution in [0.1, 0.15) is 29.0 Å². The van der Waals surface area contributed by atoms with Crippen LogP contribution in [0.3, 0.4) is 0 Å². The first kappa shape index (κ1) is 21.8. The maximum atomic E-state index is 6.53. The molecule has 0 saturated carbocycles. The molecule has 4 aromatic carbocycles. The molecule has 0 aliphatic carbocycles. The number of hydrogen-bond acceptors (Lipinski definition) is 4. The second-order valence-corrected chi connectivity index (χ2v) is 9.83. The summed E-state index contributed by atoms with van der Waals surface area (Å²) in [6, 6.07) is 28.0. The molecule has 5 rings (SSSR count). The summed E-state index contributed by atoms with van der Waals surface area (Å²) in [5.41, 5.74) is 5.86. The van der Waals surface area contributed by atoms with Crippen molar-refractivity contribution < 1.29 is 4.74 Å². The summed E-state index contributed by atoms with van der Waals surface area (Å²) in [6.45, 7) is 0. The van der Waals surface area contributed by atoms with Crippen LogP contribution >= 0.6 is 15.9 Å². The zero-order chi connectivity index (χ0) is 23.1. The summed E-state index contributed by atoms with van der Waals surface area (Å²) in [7, 11) is 8.24. The number of rotatable bonds is 4. The first-order valence-electron chi connectivity index (χ1n) is 11.1. The van der Waals surface area contributed by atoms with Gasteiger partial charge in [-0.2, -0.15) is 0 Å². The third kappa shape index (κ3) is 4.19. The summed E-state index contributed by atoms with van der Waals surface area (Å²) in [4.78, 5) is 4.23. The van der Waals surface area contributed by atoms with Gasteiger partial charge in [-0.3, -0.25) is 5.32 Å². The number of ether oxygens (including phenoxy) is 1. The van der Waals surface area contributed by atoms with E-state index in [1.807, 2.05) is 0 Å². The van der Waals surface area contributed by atoms with Gasteiger partial charge in [-0.1, -0.05) is 52.3 Å². The molecule has 0 unspecified atom stereocenters. The van der Waals surface area contributed by atoms with E-state index in [1.54, 1.807) is 0 Å². The van der Waals surface area contributed by atoms with Crippen molar-refractivity contribution in [1.29, 1.82) is 0 Å². The Labute approximate surface area is 203 Å². The molecule has 1 aliphatic heterocycles. The van der Waals surface area contributed by atoms with Crippen LogP contribution in [0.25, 0.3) is 10.8 Å². The molecule has 0 bridgehead atoms. The van der Waals surface area contributed by atoms with Crippen LogP contribution in [0, 0.1) is 0 Å². The quantitative estimate of drug-likeness (QED) is 0.345. The molecule has 1 N–H and O–H groups in total. The van der Waals surface area contributed by atoms with Crippen molar-refractivity contribution in [2.75, 3.05) is 38.0 Å². The van der Waals surface area contributed by atoms with Gasteiger partial charge in [-0.15, -0.1) is 0 Å². The molecule has 1 heterocycles. The minimum Gasteiger partial charge on any atom is -0.471 e. The highest BCUT2D eigenvalue weighted by atomic mass is 79.9. The van der Waals surface area contributed by atoms with Gasteiger partial charge in [-0.25, -0.2) is 0 Å². The molecule has 1 aliphatic rings. The fourth-order valence-corrected chi connectivity index (χ4v) is 4.82. The largest absolute Gasteiger partial charge is 0.471 e. The standard InChI is InChI=1S/C28H28BrN3O/c1-31(2)22-11-5-18(6-12-22)27-26-24-15-10-21(29)17-20(24)9-16-25(26)33-28(30-27)19-7-13-23(14-8-19)32(3)4/h5-17,27-28,30H,1-4H3/t27-,28+/m1/s1. The Balaban J connectivity index is 1.61. The summed E-state index contributed by atoms with van der Waals surface area (Å²) in [6.07, 6.45) is -0.236. The molecular formula is C28H28BrN3O. The Morgan fingerprint density at radius 2 is 1.33 bits per heavy atom. The Morgan fingerprint density at radius 3 is 1.94 bits per heavy atom. The molecule has 0 saturated heterocycles. The highest BCUT2D eigenvalue weighted by Gasteiger charge is 2.31. The number of anilines is 2. The molecule has 4 nitrogen and oxygen atoms in total. The van der Waals surface area contributed by atoms with E-state index in [1.165, 1.54) is 33.3 Å². The molecule has 5 heteroatoms. The van der Waals surface area contributed by atoms with Crippen LogP contribution < -0.4 is 19.9 Å². The van der Waals surface area contributed by atoms with Gasteiger partial charge in [0.25, 0.3) is 0 Å². The van der Waals surface area contributed by atoms with Gasteiger partial charge in [0.05, 0.1) is 6.04 Å². The smallest absolute Gasteiger partial charge is 0.177 e. The van der Waals surface area contributed by atoms with Crippen LogP contribution in [0.15, 0.2) is 83.3 Å².